The van der Waals surface area contributed by atoms with Crippen molar-refractivity contribution >= 4 is 11.9 Å². The fourth-order valence-corrected chi connectivity index (χ4v) is 3.68. The molecule has 0 aromatic heterocycles. The van der Waals surface area contributed by atoms with Crippen molar-refractivity contribution in [3.63, 3.8) is 0 Å². The fourth-order valence-electron chi connectivity index (χ4n) is 3.68. The minimum absolute atomic E-state index is 0.0843. The first-order chi connectivity index (χ1) is 9.11. The zero-order valence-corrected chi connectivity index (χ0v) is 11.2. The van der Waals surface area contributed by atoms with Gasteiger partial charge in [0.1, 0.15) is 0 Å². The van der Waals surface area contributed by atoms with Crippen LogP contribution >= 0.6 is 0 Å². The largest absolute Gasteiger partial charge is 0.481 e. The summed E-state index contributed by atoms with van der Waals surface area (Å²) in [4.78, 5) is 25.2. The average molecular weight is 263 g/mol. The van der Waals surface area contributed by atoms with Gasteiger partial charge in [0.05, 0.1) is 11.8 Å². The third-order valence-corrected chi connectivity index (χ3v) is 4.96. The monoisotopic (exact) mass is 263 g/mol. The van der Waals surface area contributed by atoms with E-state index in [2.05, 4.69) is 12.2 Å². The van der Waals surface area contributed by atoms with Crippen molar-refractivity contribution in [1.29, 1.82) is 0 Å². The Hall–Kier alpha value is -1.32. The molecule has 1 aliphatic heterocycles. The second kappa shape index (κ2) is 4.66. The van der Waals surface area contributed by atoms with Gasteiger partial charge >= 0.3 is 5.97 Å². The lowest BCUT2D eigenvalue weighted by molar-refractivity contribution is -0.143. The third kappa shape index (κ3) is 2.40. The Bertz CT molecular complexity index is 431. The van der Waals surface area contributed by atoms with Crippen molar-refractivity contribution in [3.8, 4) is 0 Å². The van der Waals surface area contributed by atoms with Gasteiger partial charge in [0.15, 0.2) is 0 Å². The van der Waals surface area contributed by atoms with E-state index in [0.717, 1.165) is 32.4 Å². The number of carboxylic acids is 1. The molecule has 3 atom stereocenters. The Kier molecular flexibility index (Phi) is 3.11. The Balaban J connectivity index is 1.64. The molecule has 1 spiro atoms. The Labute approximate surface area is 113 Å². The van der Waals surface area contributed by atoms with Crippen LogP contribution in [0, 0.1) is 17.3 Å². The Morgan fingerprint density at radius 2 is 2.05 bits per heavy atom. The van der Waals surface area contributed by atoms with E-state index in [0.29, 0.717) is 6.42 Å². The molecule has 1 heterocycles. The fraction of sp³-hybridized carbons (Fsp3) is 0.733. The smallest absolute Gasteiger partial charge is 0.307 e. The van der Waals surface area contributed by atoms with Gasteiger partial charge in [0.25, 0.3) is 0 Å². The van der Waals surface area contributed by atoms with E-state index in [-0.39, 0.29) is 17.2 Å². The lowest BCUT2D eigenvalue weighted by Gasteiger charge is -2.44. The van der Waals surface area contributed by atoms with E-state index in [1.807, 2.05) is 4.90 Å². The molecule has 2 fully saturated rings. The van der Waals surface area contributed by atoms with Gasteiger partial charge in [-0.15, -0.1) is 0 Å². The highest BCUT2D eigenvalue weighted by Gasteiger charge is 2.51. The van der Waals surface area contributed by atoms with Crippen LogP contribution in [0.1, 0.15) is 38.5 Å². The molecule has 1 N–H and O–H groups in total. The zero-order chi connectivity index (χ0) is 13.5. The van der Waals surface area contributed by atoms with Crippen LogP contribution in [-0.2, 0) is 9.59 Å². The van der Waals surface area contributed by atoms with Crippen LogP contribution in [0.4, 0.5) is 0 Å². The number of carboxylic acid groups (broad SMARTS) is 1. The van der Waals surface area contributed by atoms with Crippen LogP contribution in [0.15, 0.2) is 12.2 Å². The van der Waals surface area contributed by atoms with E-state index >= 15 is 0 Å². The summed E-state index contributed by atoms with van der Waals surface area (Å²) >= 11 is 0. The summed E-state index contributed by atoms with van der Waals surface area (Å²) < 4.78 is 0. The van der Waals surface area contributed by atoms with Crippen LogP contribution in [-0.4, -0.2) is 35.0 Å². The molecule has 0 aromatic carbocycles. The molecule has 2 aliphatic carbocycles. The van der Waals surface area contributed by atoms with Gasteiger partial charge in [-0.2, -0.15) is 0 Å². The van der Waals surface area contributed by atoms with Crippen molar-refractivity contribution in [2.24, 2.45) is 17.3 Å². The molecule has 104 valence electrons. The van der Waals surface area contributed by atoms with Gasteiger partial charge < -0.3 is 10.0 Å². The maximum Gasteiger partial charge on any atom is 0.307 e. The predicted octanol–water partition coefficient (Wildman–Crippen LogP) is 2.06. The number of amides is 1. The number of piperidine rings is 1. The lowest BCUT2D eigenvalue weighted by atomic mass is 9.71. The van der Waals surface area contributed by atoms with Gasteiger partial charge in [-0.25, -0.2) is 0 Å². The van der Waals surface area contributed by atoms with E-state index in [1.54, 1.807) is 0 Å². The van der Waals surface area contributed by atoms with Gasteiger partial charge in [-0.3, -0.25) is 9.59 Å². The first-order valence-corrected chi connectivity index (χ1v) is 7.28. The molecule has 19 heavy (non-hydrogen) atoms. The van der Waals surface area contributed by atoms with Crippen molar-refractivity contribution in [1.82, 2.24) is 4.90 Å². The van der Waals surface area contributed by atoms with Crippen molar-refractivity contribution in [2.45, 2.75) is 38.5 Å². The molecule has 1 saturated heterocycles. The molecule has 3 rings (SSSR count). The molecule has 1 saturated carbocycles. The van der Waals surface area contributed by atoms with Crippen LogP contribution in [0.5, 0.6) is 0 Å². The number of rotatable bonds is 2. The standard InChI is InChI=1S/C15H21NO3/c17-13(11-9-12(11)14(18)19)16-8-4-7-15(10-16)5-2-1-3-6-15/h1-2,11-12H,3-10H2,(H,18,19)/t11-,12+,15+/m0/s1. The number of hydrogen-bond acceptors (Lipinski definition) is 2. The quantitative estimate of drug-likeness (QED) is 0.776. The highest BCUT2D eigenvalue weighted by atomic mass is 16.4. The van der Waals surface area contributed by atoms with Crippen LogP contribution in [0.3, 0.4) is 0 Å². The molecule has 0 radical (unpaired) electrons. The zero-order valence-electron chi connectivity index (χ0n) is 11.2. The minimum atomic E-state index is -0.814. The van der Waals surface area contributed by atoms with Crippen molar-refractivity contribution in [2.75, 3.05) is 13.1 Å². The molecule has 3 aliphatic rings. The second-order valence-corrected chi connectivity index (χ2v) is 6.36. The molecule has 1 amide bonds. The topological polar surface area (TPSA) is 57.6 Å². The number of carbonyl (C=O) groups is 2. The average Bonchev–Trinajstić information content (AvgIpc) is 3.19. The number of allylic oxidation sites excluding steroid dienone is 2. The molecule has 0 bridgehead atoms. The maximum atomic E-state index is 12.3. The number of nitrogens with zero attached hydrogens (tertiary/aromatic N) is 1. The van der Waals surface area contributed by atoms with Crippen LogP contribution in [0.25, 0.3) is 0 Å². The summed E-state index contributed by atoms with van der Waals surface area (Å²) in [6.45, 7) is 1.64. The predicted molar refractivity (Wildman–Crippen MR) is 70.5 cm³/mol. The van der Waals surface area contributed by atoms with Crippen molar-refractivity contribution in [3.05, 3.63) is 12.2 Å². The Morgan fingerprint density at radius 1 is 1.21 bits per heavy atom. The summed E-state index contributed by atoms with van der Waals surface area (Å²) in [5.74, 6) is -1.39. The summed E-state index contributed by atoms with van der Waals surface area (Å²) in [6.07, 6.45) is 10.6. The van der Waals surface area contributed by atoms with Gasteiger partial charge in [-0.05, 0) is 43.9 Å². The lowest BCUT2D eigenvalue weighted by Crippen LogP contribution is -2.47. The van der Waals surface area contributed by atoms with Gasteiger partial charge in [0, 0.05) is 13.1 Å². The maximum absolute atomic E-state index is 12.3. The molecule has 0 unspecified atom stereocenters. The summed E-state index contributed by atoms with van der Waals surface area (Å²) in [5, 5.41) is 8.93. The number of likely N-dealkylation sites (tertiary alicyclic amines) is 1. The van der Waals surface area contributed by atoms with Crippen molar-refractivity contribution < 1.29 is 14.7 Å². The van der Waals surface area contributed by atoms with E-state index in [9.17, 15) is 9.59 Å². The molecule has 4 nitrogen and oxygen atoms in total. The summed E-state index contributed by atoms with van der Waals surface area (Å²) in [7, 11) is 0. The van der Waals surface area contributed by atoms with Crippen LogP contribution in [0.2, 0.25) is 0 Å². The van der Waals surface area contributed by atoms with Gasteiger partial charge in [-0.1, -0.05) is 12.2 Å². The number of aliphatic carboxylic acids is 1. The van der Waals surface area contributed by atoms with E-state index in [1.165, 1.54) is 12.8 Å². The van der Waals surface area contributed by atoms with E-state index in [4.69, 9.17) is 5.11 Å². The summed E-state index contributed by atoms with van der Waals surface area (Å²) in [5.41, 5.74) is 0.274. The molecular formula is C15H21NO3. The molecular weight excluding hydrogens is 242 g/mol. The van der Waals surface area contributed by atoms with E-state index < -0.39 is 11.9 Å². The highest BCUT2D eigenvalue weighted by Crippen LogP contribution is 2.44. The molecule has 0 aromatic rings. The first kappa shape index (κ1) is 12.7. The normalized spacial score (nSPS) is 37.4. The minimum Gasteiger partial charge on any atom is -0.481 e. The Morgan fingerprint density at radius 3 is 2.68 bits per heavy atom. The first-order valence-electron chi connectivity index (χ1n) is 7.28. The third-order valence-electron chi connectivity index (χ3n) is 4.96. The van der Waals surface area contributed by atoms with Crippen LogP contribution < -0.4 is 0 Å². The number of hydrogen-bond donors (Lipinski definition) is 1. The second-order valence-electron chi connectivity index (χ2n) is 6.36. The molecule has 4 heteroatoms. The SMILES string of the molecule is O=C(O)[C@@H]1C[C@@H]1C(=O)N1CCC[C@]2(CC=CCC2)C1. The number of carbonyl (C=O) groups excluding carboxylic acids is 1. The highest BCUT2D eigenvalue weighted by molar-refractivity contribution is 5.89. The van der Waals surface area contributed by atoms with Gasteiger partial charge in [0.2, 0.25) is 5.91 Å². The summed E-state index contributed by atoms with van der Waals surface area (Å²) in [6, 6.07) is 0.